The lowest BCUT2D eigenvalue weighted by Gasteiger charge is -2.39. The highest BCUT2D eigenvalue weighted by Gasteiger charge is 2.40. The quantitative estimate of drug-likeness (QED) is 0.901. The maximum absolute atomic E-state index is 13.0. The van der Waals surface area contributed by atoms with Gasteiger partial charge in [0.05, 0.1) is 12.0 Å². The number of benzene rings is 1. The maximum atomic E-state index is 13.0. The number of thiophene rings is 1. The van der Waals surface area contributed by atoms with E-state index in [-0.39, 0.29) is 18.1 Å². The molecule has 0 aliphatic carbocycles. The summed E-state index contributed by atoms with van der Waals surface area (Å²) in [4.78, 5) is 25.7. The highest BCUT2D eigenvalue weighted by atomic mass is 32.1. The lowest BCUT2D eigenvalue weighted by molar-refractivity contribution is -0.152. The number of halogens is 1. The van der Waals surface area contributed by atoms with Crippen molar-refractivity contribution in [2.75, 3.05) is 6.54 Å². The Labute approximate surface area is 143 Å². The van der Waals surface area contributed by atoms with E-state index < -0.39 is 17.9 Å². The highest BCUT2D eigenvalue weighted by Crippen LogP contribution is 2.37. The topological polar surface area (TPSA) is 57.6 Å². The minimum atomic E-state index is -0.870. The molecule has 126 valence electrons. The van der Waals surface area contributed by atoms with E-state index in [1.165, 1.54) is 23.5 Å². The van der Waals surface area contributed by atoms with E-state index in [1.807, 2.05) is 16.8 Å². The van der Waals surface area contributed by atoms with Gasteiger partial charge in [-0.1, -0.05) is 12.1 Å². The number of rotatable bonds is 5. The number of carbonyl (C=O) groups is 2. The molecule has 1 aromatic heterocycles. The van der Waals surface area contributed by atoms with Crippen molar-refractivity contribution >= 4 is 23.2 Å². The van der Waals surface area contributed by atoms with Crippen molar-refractivity contribution in [1.29, 1.82) is 0 Å². The van der Waals surface area contributed by atoms with E-state index >= 15 is 0 Å². The molecule has 1 saturated heterocycles. The van der Waals surface area contributed by atoms with Crippen LogP contribution in [0.3, 0.4) is 0 Å². The summed E-state index contributed by atoms with van der Waals surface area (Å²) in [6.07, 6.45) is 1.18. The molecule has 24 heavy (non-hydrogen) atoms. The zero-order valence-corrected chi connectivity index (χ0v) is 13.8. The molecule has 1 aliphatic heterocycles. The van der Waals surface area contributed by atoms with Crippen molar-refractivity contribution in [2.24, 2.45) is 5.92 Å². The van der Waals surface area contributed by atoms with Crippen LogP contribution in [-0.2, 0) is 16.0 Å². The number of carbonyl (C=O) groups excluding carboxylic acids is 1. The average Bonchev–Trinajstić information content (AvgIpc) is 3.08. The minimum Gasteiger partial charge on any atom is -0.481 e. The van der Waals surface area contributed by atoms with E-state index in [0.717, 1.165) is 11.1 Å². The number of likely N-dealkylation sites (tertiary alicyclic amines) is 1. The number of aliphatic carboxylic acids is 1. The van der Waals surface area contributed by atoms with Crippen LogP contribution in [0.25, 0.3) is 0 Å². The van der Waals surface area contributed by atoms with Crippen LogP contribution in [-0.4, -0.2) is 28.4 Å². The number of hydrogen-bond donors (Lipinski definition) is 1. The van der Waals surface area contributed by atoms with E-state index in [2.05, 4.69) is 0 Å². The summed E-state index contributed by atoms with van der Waals surface area (Å²) in [5.74, 6) is -1.78. The van der Waals surface area contributed by atoms with E-state index in [1.54, 1.807) is 17.0 Å². The van der Waals surface area contributed by atoms with Gasteiger partial charge in [-0.15, -0.1) is 0 Å². The van der Waals surface area contributed by atoms with Crippen molar-refractivity contribution in [3.8, 4) is 0 Å². The molecule has 1 aliphatic rings. The van der Waals surface area contributed by atoms with Crippen molar-refractivity contribution in [3.05, 3.63) is 58.0 Å². The molecule has 3 rings (SSSR count). The number of piperidine rings is 1. The van der Waals surface area contributed by atoms with Crippen molar-refractivity contribution in [3.63, 3.8) is 0 Å². The second kappa shape index (κ2) is 7.13. The Morgan fingerprint density at radius 2 is 2.04 bits per heavy atom. The number of nitrogens with zero attached hydrogens (tertiary/aromatic N) is 1. The fraction of sp³-hybridized carbons (Fsp3) is 0.333. The number of hydrogen-bond acceptors (Lipinski definition) is 3. The zero-order chi connectivity index (χ0) is 17.1. The lowest BCUT2D eigenvalue weighted by atomic mass is 9.85. The standard InChI is InChI=1S/C18H18FNO3S/c19-14-3-1-12(2-4-14)7-9-20-16(21)6-5-15(18(22)23)17(20)13-8-10-24-11-13/h1-4,8,10-11,15,17H,5-7,9H2,(H,22,23)/t15-,17-/m1/s1. The first-order valence-electron chi connectivity index (χ1n) is 7.85. The maximum Gasteiger partial charge on any atom is 0.308 e. The molecule has 1 amide bonds. The summed E-state index contributed by atoms with van der Waals surface area (Å²) < 4.78 is 13.0. The molecule has 0 radical (unpaired) electrons. The van der Waals surface area contributed by atoms with Crippen molar-refractivity contribution in [1.82, 2.24) is 4.90 Å². The summed E-state index contributed by atoms with van der Waals surface area (Å²) >= 11 is 1.49. The molecule has 2 atom stereocenters. The Hall–Kier alpha value is -2.21. The third kappa shape index (κ3) is 3.48. The minimum absolute atomic E-state index is 0.0224. The Morgan fingerprint density at radius 1 is 1.29 bits per heavy atom. The van der Waals surface area contributed by atoms with Gasteiger partial charge in [0.1, 0.15) is 5.82 Å². The number of amides is 1. The van der Waals surface area contributed by atoms with Gasteiger partial charge in [-0.25, -0.2) is 4.39 Å². The molecule has 0 bridgehead atoms. The van der Waals surface area contributed by atoms with Crippen LogP contribution in [0.15, 0.2) is 41.1 Å². The molecule has 0 saturated carbocycles. The van der Waals surface area contributed by atoms with Gasteiger partial charge in [-0.05, 0) is 52.9 Å². The van der Waals surface area contributed by atoms with Gasteiger partial charge in [0, 0.05) is 13.0 Å². The molecule has 4 nitrogen and oxygen atoms in total. The second-order valence-corrected chi connectivity index (χ2v) is 6.73. The molecular formula is C18H18FNO3S. The van der Waals surface area contributed by atoms with Crippen molar-refractivity contribution in [2.45, 2.75) is 25.3 Å². The van der Waals surface area contributed by atoms with Gasteiger partial charge in [-0.3, -0.25) is 9.59 Å². The molecule has 6 heteroatoms. The fourth-order valence-corrected chi connectivity index (χ4v) is 3.92. The van der Waals surface area contributed by atoms with Gasteiger partial charge in [0.2, 0.25) is 5.91 Å². The predicted molar refractivity (Wildman–Crippen MR) is 89.2 cm³/mol. The molecule has 2 heterocycles. The van der Waals surface area contributed by atoms with Crippen molar-refractivity contribution < 1.29 is 19.1 Å². The van der Waals surface area contributed by atoms with Crippen LogP contribution < -0.4 is 0 Å². The summed E-state index contributed by atoms with van der Waals surface area (Å²) in [6.45, 7) is 0.425. The largest absolute Gasteiger partial charge is 0.481 e. The number of carboxylic acid groups (broad SMARTS) is 1. The summed E-state index contributed by atoms with van der Waals surface area (Å²) in [5.41, 5.74) is 1.80. The molecule has 0 unspecified atom stereocenters. The SMILES string of the molecule is O=C(O)[C@@H]1CCC(=O)N(CCc2ccc(F)cc2)[C@@H]1c1ccsc1. The molecule has 1 fully saturated rings. The zero-order valence-electron chi connectivity index (χ0n) is 13.0. The van der Waals surface area contributed by atoms with Crippen LogP contribution in [0.1, 0.15) is 30.0 Å². The molecule has 2 aromatic rings. The van der Waals surface area contributed by atoms with Crippen LogP contribution in [0.4, 0.5) is 4.39 Å². The van der Waals surface area contributed by atoms with Gasteiger partial charge in [0.25, 0.3) is 0 Å². The third-order valence-electron chi connectivity index (χ3n) is 4.46. The second-order valence-electron chi connectivity index (χ2n) is 5.95. The molecule has 1 aromatic carbocycles. The highest BCUT2D eigenvalue weighted by molar-refractivity contribution is 7.08. The molecule has 1 N–H and O–H groups in total. The fourth-order valence-electron chi connectivity index (χ4n) is 3.23. The predicted octanol–water partition coefficient (Wildman–Crippen LogP) is 3.49. The first kappa shape index (κ1) is 16.6. The Kier molecular flexibility index (Phi) is 4.94. The van der Waals surface area contributed by atoms with E-state index in [4.69, 9.17) is 0 Å². The summed E-state index contributed by atoms with van der Waals surface area (Å²) in [6, 6.07) is 7.62. The Morgan fingerprint density at radius 3 is 2.67 bits per heavy atom. The first-order valence-corrected chi connectivity index (χ1v) is 8.79. The number of carboxylic acids is 1. The van der Waals surface area contributed by atoms with E-state index in [0.29, 0.717) is 19.4 Å². The van der Waals surface area contributed by atoms with Crippen LogP contribution in [0.2, 0.25) is 0 Å². The summed E-state index contributed by atoms with van der Waals surface area (Å²) in [7, 11) is 0. The smallest absolute Gasteiger partial charge is 0.308 e. The van der Waals surface area contributed by atoms with Gasteiger partial charge >= 0.3 is 5.97 Å². The normalized spacial score (nSPS) is 21.0. The van der Waals surface area contributed by atoms with Gasteiger partial charge < -0.3 is 10.0 Å². The molecular weight excluding hydrogens is 329 g/mol. The Balaban J connectivity index is 1.82. The first-order chi connectivity index (χ1) is 11.6. The third-order valence-corrected chi connectivity index (χ3v) is 5.16. The molecule has 0 spiro atoms. The summed E-state index contributed by atoms with van der Waals surface area (Å²) in [5, 5.41) is 13.4. The van der Waals surface area contributed by atoms with E-state index in [9.17, 15) is 19.1 Å². The lowest BCUT2D eigenvalue weighted by Crippen LogP contribution is -2.46. The monoisotopic (exact) mass is 347 g/mol. The average molecular weight is 347 g/mol. The van der Waals surface area contributed by atoms with Crippen LogP contribution in [0.5, 0.6) is 0 Å². The van der Waals surface area contributed by atoms with Gasteiger partial charge in [-0.2, -0.15) is 11.3 Å². The van der Waals surface area contributed by atoms with Crippen LogP contribution in [0, 0.1) is 11.7 Å². The van der Waals surface area contributed by atoms with Crippen LogP contribution >= 0.6 is 11.3 Å². The Bertz CT molecular complexity index is 714. The van der Waals surface area contributed by atoms with Gasteiger partial charge in [0.15, 0.2) is 0 Å².